The Labute approximate surface area is 187 Å². The van der Waals surface area contributed by atoms with E-state index in [9.17, 15) is 22.8 Å². The van der Waals surface area contributed by atoms with Crippen LogP contribution < -0.4 is 5.73 Å². The number of piperazine rings is 1. The number of alkyl halides is 3. The lowest BCUT2D eigenvalue weighted by molar-refractivity contribution is -0.139. The predicted molar refractivity (Wildman–Crippen MR) is 116 cm³/mol. The molecule has 0 spiro atoms. The molecule has 2 rings (SSSR count). The molecule has 1 saturated heterocycles. The van der Waals surface area contributed by atoms with Crippen LogP contribution in [-0.2, 0) is 9.47 Å². The van der Waals surface area contributed by atoms with Gasteiger partial charge in [-0.15, -0.1) is 0 Å². The normalized spacial score (nSPS) is 17.3. The summed E-state index contributed by atoms with van der Waals surface area (Å²) in [6.45, 7) is 9.73. The monoisotopic (exact) mass is 461 g/mol. The summed E-state index contributed by atoms with van der Waals surface area (Å²) < 4.78 is 48.1. The van der Waals surface area contributed by atoms with Gasteiger partial charge in [-0.05, 0) is 38.5 Å². The zero-order chi connectivity index (χ0) is 24.7. The van der Waals surface area contributed by atoms with Gasteiger partial charge in [0.2, 0.25) is 0 Å². The quantitative estimate of drug-likeness (QED) is 0.520. The SMILES string of the molecule is CC.COC(=O)c1ccc(C2CN(CCC(F)(F)F)CCN2C(=O)OC(C)(C)C)cc1N. The van der Waals surface area contributed by atoms with Crippen molar-refractivity contribution in [3.05, 3.63) is 29.3 Å². The topological polar surface area (TPSA) is 85.1 Å². The van der Waals surface area contributed by atoms with E-state index in [1.165, 1.54) is 18.1 Å². The van der Waals surface area contributed by atoms with E-state index < -0.39 is 36.3 Å². The molecule has 1 aromatic rings. The highest BCUT2D eigenvalue weighted by Gasteiger charge is 2.36. The van der Waals surface area contributed by atoms with Gasteiger partial charge < -0.3 is 15.2 Å². The number of rotatable bonds is 4. The minimum absolute atomic E-state index is 0.163. The second kappa shape index (κ2) is 11.4. The van der Waals surface area contributed by atoms with E-state index >= 15 is 0 Å². The van der Waals surface area contributed by atoms with Crippen LogP contribution in [-0.4, -0.2) is 66.9 Å². The van der Waals surface area contributed by atoms with Crippen molar-refractivity contribution in [1.29, 1.82) is 0 Å². The number of carbonyl (C=O) groups excluding carboxylic acids is 2. The molecular weight excluding hydrogens is 427 g/mol. The second-order valence-electron chi connectivity index (χ2n) is 8.19. The van der Waals surface area contributed by atoms with E-state index in [4.69, 9.17) is 10.5 Å². The molecule has 1 heterocycles. The number of amides is 1. The summed E-state index contributed by atoms with van der Waals surface area (Å²) in [4.78, 5) is 27.7. The first kappa shape index (κ1) is 27.5. The van der Waals surface area contributed by atoms with Crippen molar-refractivity contribution >= 4 is 17.7 Å². The summed E-state index contributed by atoms with van der Waals surface area (Å²) in [5, 5.41) is 0. The lowest BCUT2D eigenvalue weighted by Crippen LogP contribution is -2.52. The Morgan fingerprint density at radius 3 is 2.28 bits per heavy atom. The number of nitrogens with zero attached hydrogens (tertiary/aromatic N) is 2. The summed E-state index contributed by atoms with van der Waals surface area (Å²) >= 11 is 0. The molecule has 1 aromatic carbocycles. The van der Waals surface area contributed by atoms with E-state index in [2.05, 4.69) is 4.74 Å². The number of anilines is 1. The average Bonchev–Trinajstić information content (AvgIpc) is 2.71. The number of hydrogen-bond acceptors (Lipinski definition) is 6. The van der Waals surface area contributed by atoms with Gasteiger partial charge in [0.15, 0.2) is 0 Å². The molecule has 1 fully saturated rings. The number of ether oxygens (including phenoxy) is 2. The Balaban J connectivity index is 0.00000249. The van der Waals surface area contributed by atoms with Crippen molar-refractivity contribution in [1.82, 2.24) is 9.80 Å². The number of carbonyl (C=O) groups is 2. The van der Waals surface area contributed by atoms with Crippen LogP contribution in [0.4, 0.5) is 23.7 Å². The Morgan fingerprint density at radius 1 is 1.16 bits per heavy atom. The maximum atomic E-state index is 12.7. The molecule has 0 bridgehead atoms. The van der Waals surface area contributed by atoms with Crippen LogP contribution in [0.5, 0.6) is 0 Å². The lowest BCUT2D eigenvalue weighted by atomic mass is 9.99. The fourth-order valence-corrected chi connectivity index (χ4v) is 3.24. The molecule has 1 aliphatic heterocycles. The molecule has 1 amide bonds. The summed E-state index contributed by atoms with van der Waals surface area (Å²) in [5.74, 6) is -0.599. The largest absolute Gasteiger partial charge is 0.465 e. The fourth-order valence-electron chi connectivity index (χ4n) is 3.24. The molecule has 182 valence electrons. The first-order chi connectivity index (χ1) is 14.8. The Kier molecular flexibility index (Phi) is 9.81. The molecule has 7 nitrogen and oxygen atoms in total. The van der Waals surface area contributed by atoms with Crippen LogP contribution in [0, 0.1) is 0 Å². The number of benzene rings is 1. The molecule has 10 heteroatoms. The molecule has 32 heavy (non-hydrogen) atoms. The van der Waals surface area contributed by atoms with Crippen LogP contribution >= 0.6 is 0 Å². The lowest BCUT2D eigenvalue weighted by Gasteiger charge is -2.42. The number of hydrogen-bond donors (Lipinski definition) is 1. The number of methoxy groups -OCH3 is 1. The van der Waals surface area contributed by atoms with Gasteiger partial charge in [0, 0.05) is 31.9 Å². The van der Waals surface area contributed by atoms with Gasteiger partial charge >= 0.3 is 18.2 Å². The molecule has 1 unspecified atom stereocenters. The minimum Gasteiger partial charge on any atom is -0.465 e. The van der Waals surface area contributed by atoms with Crippen molar-refractivity contribution < 1.29 is 32.2 Å². The second-order valence-corrected chi connectivity index (χ2v) is 8.19. The molecule has 0 saturated carbocycles. The van der Waals surface area contributed by atoms with Crippen LogP contribution in [0.15, 0.2) is 18.2 Å². The third-order valence-corrected chi connectivity index (χ3v) is 4.67. The van der Waals surface area contributed by atoms with Gasteiger partial charge in [-0.2, -0.15) is 13.2 Å². The van der Waals surface area contributed by atoms with Crippen molar-refractivity contribution in [2.24, 2.45) is 0 Å². The molecule has 1 aliphatic rings. The fraction of sp³-hybridized carbons (Fsp3) is 0.636. The van der Waals surface area contributed by atoms with Crippen molar-refractivity contribution in [3.8, 4) is 0 Å². The van der Waals surface area contributed by atoms with Gasteiger partial charge in [0.25, 0.3) is 0 Å². The van der Waals surface area contributed by atoms with Crippen LogP contribution in [0.2, 0.25) is 0 Å². The van der Waals surface area contributed by atoms with Gasteiger partial charge in [0.05, 0.1) is 25.1 Å². The third kappa shape index (κ3) is 8.22. The maximum Gasteiger partial charge on any atom is 0.410 e. The van der Waals surface area contributed by atoms with E-state index in [0.717, 1.165) is 0 Å². The zero-order valence-electron chi connectivity index (χ0n) is 19.6. The summed E-state index contributed by atoms with van der Waals surface area (Å²) in [6, 6.07) is 4.08. The summed E-state index contributed by atoms with van der Waals surface area (Å²) in [5.41, 5.74) is 6.20. The Morgan fingerprint density at radius 2 is 1.78 bits per heavy atom. The van der Waals surface area contributed by atoms with E-state index in [-0.39, 0.29) is 30.9 Å². The number of esters is 1. The smallest absolute Gasteiger partial charge is 0.410 e. The highest BCUT2D eigenvalue weighted by atomic mass is 19.4. The number of nitrogen functional groups attached to an aromatic ring is 1. The van der Waals surface area contributed by atoms with Gasteiger partial charge in [0.1, 0.15) is 5.60 Å². The zero-order valence-corrected chi connectivity index (χ0v) is 19.6. The molecular formula is C22H34F3N3O4. The molecule has 2 N–H and O–H groups in total. The average molecular weight is 462 g/mol. The van der Waals surface area contributed by atoms with Crippen LogP contribution in [0.3, 0.4) is 0 Å². The summed E-state index contributed by atoms with van der Waals surface area (Å²) in [7, 11) is 1.24. The minimum atomic E-state index is -4.26. The standard InChI is InChI=1S/C20H28F3N3O4.C2H6/c1-19(2,3)30-18(28)26-10-9-25(8-7-20(21,22)23)12-16(26)13-5-6-14(15(24)11-13)17(27)29-4;1-2/h5-6,11,16H,7-10,12,24H2,1-4H3;1-2H3. The maximum absolute atomic E-state index is 12.7. The first-order valence-electron chi connectivity index (χ1n) is 10.6. The third-order valence-electron chi connectivity index (χ3n) is 4.67. The van der Waals surface area contributed by atoms with E-state index in [0.29, 0.717) is 12.1 Å². The molecule has 0 aliphatic carbocycles. The highest BCUT2D eigenvalue weighted by molar-refractivity contribution is 5.95. The number of nitrogens with two attached hydrogens (primary N) is 1. The van der Waals surface area contributed by atoms with E-state index in [1.807, 2.05) is 13.8 Å². The Hall–Kier alpha value is -2.49. The predicted octanol–water partition coefficient (Wildman–Crippen LogP) is 4.63. The highest BCUT2D eigenvalue weighted by Crippen LogP contribution is 2.31. The molecule has 0 aromatic heterocycles. The first-order valence-corrected chi connectivity index (χ1v) is 10.6. The van der Waals surface area contributed by atoms with Crippen molar-refractivity contribution in [2.75, 3.05) is 39.0 Å². The van der Waals surface area contributed by atoms with Crippen molar-refractivity contribution in [3.63, 3.8) is 0 Å². The van der Waals surface area contributed by atoms with Crippen LogP contribution in [0.1, 0.15) is 63.0 Å². The van der Waals surface area contributed by atoms with E-state index in [1.54, 1.807) is 37.8 Å². The number of halogens is 3. The summed E-state index contributed by atoms with van der Waals surface area (Å²) in [6.07, 6.45) is -5.75. The van der Waals surface area contributed by atoms with Crippen molar-refractivity contribution in [2.45, 2.75) is 58.9 Å². The molecule has 1 atom stereocenters. The van der Waals surface area contributed by atoms with Gasteiger partial charge in [-0.25, -0.2) is 9.59 Å². The van der Waals surface area contributed by atoms with Gasteiger partial charge in [-0.1, -0.05) is 19.9 Å². The molecule has 0 radical (unpaired) electrons. The van der Waals surface area contributed by atoms with Gasteiger partial charge in [-0.3, -0.25) is 9.80 Å². The Bertz CT molecular complexity index is 779. The van der Waals surface area contributed by atoms with Crippen LogP contribution in [0.25, 0.3) is 0 Å².